The average Bonchev–Trinajstić information content (AvgIpc) is 2.51. The summed E-state index contributed by atoms with van der Waals surface area (Å²) in [5, 5.41) is 11.1. The molecule has 5 nitrogen and oxygen atoms in total. The minimum Gasteiger partial charge on any atom is -0.395 e. The number of piperazine rings is 1. The van der Waals surface area contributed by atoms with Crippen molar-refractivity contribution in [3.63, 3.8) is 0 Å². The first-order chi connectivity index (χ1) is 10.5. The van der Waals surface area contributed by atoms with E-state index >= 15 is 0 Å². The van der Waals surface area contributed by atoms with Gasteiger partial charge in [-0.2, -0.15) is 0 Å². The molecular weight excluding hydrogens is 292 g/mol. The molecule has 2 N–H and O–H groups in total. The maximum absolute atomic E-state index is 13.8. The van der Waals surface area contributed by atoms with Gasteiger partial charge in [0.2, 0.25) is 0 Å². The second-order valence-electron chi connectivity index (χ2n) is 4.94. The van der Waals surface area contributed by atoms with Gasteiger partial charge in [0, 0.05) is 38.3 Å². The first-order valence-corrected chi connectivity index (χ1v) is 6.90. The van der Waals surface area contributed by atoms with E-state index in [1.54, 1.807) is 0 Å². The summed E-state index contributed by atoms with van der Waals surface area (Å²) in [6.07, 6.45) is 5.09. The first kappa shape index (κ1) is 16.2. The van der Waals surface area contributed by atoms with Crippen molar-refractivity contribution in [2.24, 2.45) is 0 Å². The molecule has 1 saturated heterocycles. The number of β-amino-alcohol motifs (C(OH)–C–C–N with tert-alkyl or cyclic N) is 1. The van der Waals surface area contributed by atoms with E-state index in [2.05, 4.69) is 11.2 Å². The van der Waals surface area contributed by atoms with Crippen molar-refractivity contribution in [2.75, 3.05) is 44.6 Å². The van der Waals surface area contributed by atoms with Gasteiger partial charge in [-0.3, -0.25) is 4.90 Å². The third-order valence-electron chi connectivity index (χ3n) is 3.52. The summed E-state index contributed by atoms with van der Waals surface area (Å²) in [6.45, 7) is 2.68. The van der Waals surface area contributed by atoms with Gasteiger partial charge < -0.3 is 15.3 Å². The predicted octanol–water partition coefficient (Wildman–Crippen LogP) is 1.09. The number of anilines is 1. The summed E-state index contributed by atoms with van der Waals surface area (Å²) >= 11 is 0. The van der Waals surface area contributed by atoms with E-state index in [0.29, 0.717) is 32.7 Å². The highest BCUT2D eigenvalue weighted by Gasteiger charge is 2.22. The third-order valence-corrected chi connectivity index (χ3v) is 3.52. The minimum absolute atomic E-state index is 0.0597. The standard InChI is InChI=1S/C15H17F2N3O2/c1-2-11-9-12(16)14(13(17)10-11)18-15(22)20-5-3-19(4-6-20)7-8-21/h1,9-10,21H,3-8H2,(H,18,22). The number of aliphatic hydroxyl groups excluding tert-OH is 1. The topological polar surface area (TPSA) is 55.8 Å². The Hall–Kier alpha value is -2.17. The highest BCUT2D eigenvalue weighted by molar-refractivity contribution is 5.89. The number of carbonyl (C=O) groups is 1. The van der Waals surface area contributed by atoms with Crippen LogP contribution in [0.5, 0.6) is 0 Å². The number of amides is 2. The number of halogens is 2. The lowest BCUT2D eigenvalue weighted by atomic mass is 10.2. The number of rotatable bonds is 3. The molecule has 2 rings (SSSR count). The summed E-state index contributed by atoms with van der Waals surface area (Å²) in [5.41, 5.74) is -0.424. The Bertz CT molecular complexity index is 570. The van der Waals surface area contributed by atoms with Crippen LogP contribution >= 0.6 is 0 Å². The van der Waals surface area contributed by atoms with Gasteiger partial charge in [0.15, 0.2) is 11.6 Å². The lowest BCUT2D eigenvalue weighted by molar-refractivity contribution is 0.127. The fraction of sp³-hybridized carbons (Fsp3) is 0.400. The van der Waals surface area contributed by atoms with Gasteiger partial charge in [0.1, 0.15) is 5.69 Å². The Labute approximate surface area is 127 Å². The largest absolute Gasteiger partial charge is 0.395 e. The van der Waals surface area contributed by atoms with Crippen molar-refractivity contribution >= 4 is 11.7 Å². The quantitative estimate of drug-likeness (QED) is 0.822. The number of terminal acetylenes is 1. The summed E-state index contributed by atoms with van der Waals surface area (Å²) < 4.78 is 27.6. The van der Waals surface area contributed by atoms with E-state index in [4.69, 9.17) is 11.5 Å². The van der Waals surface area contributed by atoms with Crippen LogP contribution in [0, 0.1) is 24.0 Å². The number of hydrogen-bond donors (Lipinski definition) is 2. The fourth-order valence-electron chi connectivity index (χ4n) is 2.28. The van der Waals surface area contributed by atoms with Gasteiger partial charge in [-0.25, -0.2) is 13.6 Å². The number of aliphatic hydroxyl groups is 1. The number of hydrogen-bond acceptors (Lipinski definition) is 3. The van der Waals surface area contributed by atoms with E-state index in [1.165, 1.54) is 4.90 Å². The maximum Gasteiger partial charge on any atom is 0.322 e. The Balaban J connectivity index is 2.00. The van der Waals surface area contributed by atoms with Gasteiger partial charge in [-0.1, -0.05) is 5.92 Å². The van der Waals surface area contributed by atoms with Gasteiger partial charge in [0.05, 0.1) is 6.61 Å². The molecule has 118 valence electrons. The molecular formula is C15H17F2N3O2. The van der Waals surface area contributed by atoms with Crippen molar-refractivity contribution in [2.45, 2.75) is 0 Å². The number of carbonyl (C=O) groups excluding carboxylic acids is 1. The van der Waals surface area contributed by atoms with Crippen LogP contribution in [0.3, 0.4) is 0 Å². The molecule has 0 bridgehead atoms. The van der Waals surface area contributed by atoms with Crippen LogP contribution in [0.1, 0.15) is 5.56 Å². The maximum atomic E-state index is 13.8. The third kappa shape index (κ3) is 3.72. The molecule has 22 heavy (non-hydrogen) atoms. The molecule has 0 aromatic heterocycles. The molecule has 1 heterocycles. The van der Waals surface area contributed by atoms with Crippen molar-refractivity contribution in [3.05, 3.63) is 29.3 Å². The SMILES string of the molecule is C#Cc1cc(F)c(NC(=O)N2CCN(CCO)CC2)c(F)c1. The summed E-state index contributed by atoms with van der Waals surface area (Å²) in [5.74, 6) is 0.335. The summed E-state index contributed by atoms with van der Waals surface area (Å²) in [4.78, 5) is 15.5. The Morgan fingerprint density at radius 3 is 2.36 bits per heavy atom. The molecule has 1 aromatic carbocycles. The van der Waals surface area contributed by atoms with E-state index in [1.807, 2.05) is 4.90 Å². The first-order valence-electron chi connectivity index (χ1n) is 6.90. The van der Waals surface area contributed by atoms with Crippen LogP contribution in [0.2, 0.25) is 0 Å². The van der Waals surface area contributed by atoms with E-state index in [0.717, 1.165) is 12.1 Å². The van der Waals surface area contributed by atoms with Crippen LogP contribution in [0.4, 0.5) is 19.3 Å². The molecule has 0 aliphatic carbocycles. The van der Waals surface area contributed by atoms with Crippen LogP contribution < -0.4 is 5.32 Å². The second-order valence-corrected chi connectivity index (χ2v) is 4.94. The van der Waals surface area contributed by atoms with Crippen LogP contribution in [-0.2, 0) is 0 Å². The monoisotopic (exact) mass is 309 g/mol. The fourth-order valence-corrected chi connectivity index (χ4v) is 2.28. The zero-order chi connectivity index (χ0) is 16.1. The number of nitrogens with one attached hydrogen (secondary N) is 1. The van der Waals surface area contributed by atoms with E-state index in [-0.39, 0.29) is 12.2 Å². The Morgan fingerprint density at radius 2 is 1.86 bits per heavy atom. The molecule has 1 aliphatic heterocycles. The Kier molecular flexibility index (Phi) is 5.31. The average molecular weight is 309 g/mol. The molecule has 0 unspecified atom stereocenters. The van der Waals surface area contributed by atoms with Crippen LogP contribution in [0.25, 0.3) is 0 Å². The van der Waals surface area contributed by atoms with Gasteiger partial charge in [-0.05, 0) is 12.1 Å². The zero-order valence-electron chi connectivity index (χ0n) is 12.0. The van der Waals surface area contributed by atoms with Crippen molar-refractivity contribution in [1.82, 2.24) is 9.80 Å². The van der Waals surface area contributed by atoms with Gasteiger partial charge in [0.25, 0.3) is 0 Å². The van der Waals surface area contributed by atoms with Crippen molar-refractivity contribution < 1.29 is 18.7 Å². The summed E-state index contributed by atoms with van der Waals surface area (Å²) in [6, 6.07) is 1.44. The molecule has 2 amide bonds. The second kappa shape index (κ2) is 7.20. The number of benzene rings is 1. The molecule has 1 aromatic rings. The lowest BCUT2D eigenvalue weighted by Crippen LogP contribution is -2.50. The molecule has 1 aliphatic rings. The summed E-state index contributed by atoms with van der Waals surface area (Å²) in [7, 11) is 0. The van der Waals surface area contributed by atoms with Gasteiger partial charge >= 0.3 is 6.03 Å². The predicted molar refractivity (Wildman–Crippen MR) is 78.4 cm³/mol. The van der Waals surface area contributed by atoms with E-state index in [9.17, 15) is 13.6 Å². The number of urea groups is 1. The van der Waals surface area contributed by atoms with Gasteiger partial charge in [-0.15, -0.1) is 6.42 Å². The van der Waals surface area contributed by atoms with Crippen LogP contribution in [0.15, 0.2) is 12.1 Å². The van der Waals surface area contributed by atoms with E-state index < -0.39 is 23.4 Å². The van der Waals surface area contributed by atoms with Crippen LogP contribution in [-0.4, -0.2) is 60.3 Å². The molecule has 0 spiro atoms. The molecule has 0 saturated carbocycles. The molecule has 0 radical (unpaired) electrons. The Morgan fingerprint density at radius 1 is 1.27 bits per heavy atom. The lowest BCUT2D eigenvalue weighted by Gasteiger charge is -2.34. The minimum atomic E-state index is -0.903. The molecule has 7 heteroatoms. The van der Waals surface area contributed by atoms with Crippen molar-refractivity contribution in [1.29, 1.82) is 0 Å². The molecule has 1 fully saturated rings. The highest BCUT2D eigenvalue weighted by Crippen LogP contribution is 2.21. The smallest absolute Gasteiger partial charge is 0.322 e. The highest BCUT2D eigenvalue weighted by atomic mass is 19.1. The normalized spacial score (nSPS) is 15.5. The molecule has 0 atom stereocenters. The van der Waals surface area contributed by atoms with Crippen molar-refractivity contribution in [3.8, 4) is 12.3 Å². The zero-order valence-corrected chi connectivity index (χ0v) is 12.0. The number of nitrogens with zero attached hydrogens (tertiary/aromatic N) is 2.